The number of benzene rings is 5. The minimum atomic E-state index is -0.476. The molecule has 0 radical (unpaired) electrons. The van der Waals surface area contributed by atoms with Crippen LogP contribution in [0.25, 0.3) is 34.3 Å². The fourth-order valence-corrected chi connectivity index (χ4v) is 6.07. The predicted octanol–water partition coefficient (Wildman–Crippen LogP) is 8.56. The Balaban J connectivity index is 1.50. The van der Waals surface area contributed by atoms with Crippen molar-refractivity contribution in [1.82, 2.24) is 4.57 Å². The Morgan fingerprint density at radius 1 is 0.489 bits per heavy atom. The van der Waals surface area contributed by atoms with Crippen molar-refractivity contribution in [2.45, 2.75) is 0 Å². The molecule has 216 valence electrons. The summed E-state index contributed by atoms with van der Waals surface area (Å²) in [6.45, 7) is 0. The molecule has 1 saturated heterocycles. The van der Waals surface area contributed by atoms with Crippen LogP contribution in [0.2, 0.25) is 0 Å². The van der Waals surface area contributed by atoms with Gasteiger partial charge < -0.3 is 4.57 Å². The zero-order valence-electron chi connectivity index (χ0n) is 24.2. The van der Waals surface area contributed by atoms with Crippen LogP contribution in [0.4, 0.5) is 11.4 Å². The Labute approximate surface area is 266 Å². The monoisotopic (exact) mass is 601 g/mol. The molecule has 6 aromatic rings. The highest BCUT2D eigenvalue weighted by Gasteiger charge is 2.41. The van der Waals surface area contributed by atoms with Crippen LogP contribution in [-0.2, 0) is 9.59 Å². The zero-order chi connectivity index (χ0) is 30.8. The Kier molecular flexibility index (Phi) is 7.47. The Hall–Kier alpha value is -5.85. The molecule has 1 aliphatic heterocycles. The van der Waals surface area contributed by atoms with Crippen molar-refractivity contribution in [1.29, 1.82) is 0 Å². The van der Waals surface area contributed by atoms with E-state index >= 15 is 0 Å². The molecule has 1 fully saturated rings. The van der Waals surface area contributed by atoms with E-state index < -0.39 is 11.8 Å². The third-order valence-corrected chi connectivity index (χ3v) is 8.10. The smallest absolute Gasteiger partial charge is 0.270 e. The summed E-state index contributed by atoms with van der Waals surface area (Å²) < 4.78 is 2.18. The molecule has 5 nitrogen and oxygen atoms in total. The van der Waals surface area contributed by atoms with E-state index in [9.17, 15) is 9.59 Å². The van der Waals surface area contributed by atoms with Crippen LogP contribution in [0.1, 0.15) is 5.56 Å². The zero-order valence-corrected chi connectivity index (χ0v) is 25.0. The van der Waals surface area contributed by atoms with Crippen LogP contribution in [0.15, 0.2) is 163 Å². The van der Waals surface area contributed by atoms with E-state index in [0.29, 0.717) is 11.4 Å². The van der Waals surface area contributed by atoms with Crippen molar-refractivity contribution in [2.24, 2.45) is 0 Å². The first-order valence-electron chi connectivity index (χ1n) is 14.6. The second-order valence-corrected chi connectivity index (χ2v) is 10.9. The van der Waals surface area contributed by atoms with Gasteiger partial charge in [-0.1, -0.05) is 115 Å². The van der Waals surface area contributed by atoms with Crippen LogP contribution >= 0.6 is 12.2 Å². The maximum absolute atomic E-state index is 14.3. The predicted molar refractivity (Wildman–Crippen MR) is 185 cm³/mol. The summed E-state index contributed by atoms with van der Waals surface area (Å²) in [7, 11) is 0. The lowest BCUT2D eigenvalue weighted by atomic mass is 10.0. The molecule has 45 heavy (non-hydrogen) atoms. The largest absolute Gasteiger partial charge is 0.309 e. The van der Waals surface area contributed by atoms with Gasteiger partial charge in [-0.3, -0.25) is 19.4 Å². The molecule has 0 atom stereocenters. The number of nitrogens with zero attached hydrogens (tertiary/aromatic N) is 3. The quantitative estimate of drug-likeness (QED) is 0.109. The van der Waals surface area contributed by atoms with E-state index in [2.05, 4.69) is 28.8 Å². The number of carbonyl (C=O) groups excluding carboxylic acids is 2. The molecule has 1 aromatic heterocycles. The SMILES string of the molecule is O=C1C(=Cc2cc(-c3ccccc3)n(-c3ccccc3)c2-c2ccccc2)C(=O)N(c2ccccc2)C(=S)N1c1ccccc1. The van der Waals surface area contributed by atoms with E-state index in [1.165, 1.54) is 9.80 Å². The molecule has 0 bridgehead atoms. The molecule has 0 aliphatic carbocycles. The molecule has 0 saturated carbocycles. The fourth-order valence-electron chi connectivity index (χ4n) is 5.69. The maximum atomic E-state index is 14.3. The summed E-state index contributed by atoms with van der Waals surface area (Å²) in [6, 6.07) is 50.7. The molecular formula is C39H27N3O2S. The Morgan fingerprint density at radius 3 is 1.36 bits per heavy atom. The van der Waals surface area contributed by atoms with Gasteiger partial charge in [0.2, 0.25) is 0 Å². The van der Waals surface area contributed by atoms with E-state index in [0.717, 1.165) is 33.8 Å². The number of thiocarbonyl (C=S) groups is 1. The average Bonchev–Trinajstić information content (AvgIpc) is 3.48. The molecule has 1 aliphatic rings. The molecule has 2 heterocycles. The van der Waals surface area contributed by atoms with E-state index in [4.69, 9.17) is 12.2 Å². The van der Waals surface area contributed by atoms with Gasteiger partial charge in [0.1, 0.15) is 5.57 Å². The van der Waals surface area contributed by atoms with Gasteiger partial charge in [0.05, 0.1) is 22.8 Å². The second kappa shape index (κ2) is 12.0. The highest BCUT2D eigenvalue weighted by molar-refractivity contribution is 7.81. The van der Waals surface area contributed by atoms with Crippen LogP contribution < -0.4 is 9.80 Å². The summed E-state index contributed by atoms with van der Waals surface area (Å²) >= 11 is 5.82. The lowest BCUT2D eigenvalue weighted by Crippen LogP contribution is -2.56. The van der Waals surface area contributed by atoms with Gasteiger partial charge in [-0.2, -0.15) is 0 Å². The molecule has 5 aromatic carbocycles. The summed E-state index contributed by atoms with van der Waals surface area (Å²) in [5.74, 6) is -0.952. The van der Waals surface area contributed by atoms with Crippen molar-refractivity contribution >= 4 is 46.6 Å². The summed E-state index contributed by atoms with van der Waals surface area (Å²) in [6.07, 6.45) is 1.71. The van der Waals surface area contributed by atoms with Crippen molar-refractivity contribution in [3.63, 3.8) is 0 Å². The summed E-state index contributed by atoms with van der Waals surface area (Å²) in [4.78, 5) is 31.5. The molecule has 2 amide bonds. The van der Waals surface area contributed by atoms with Crippen molar-refractivity contribution in [2.75, 3.05) is 9.80 Å². The van der Waals surface area contributed by atoms with Crippen LogP contribution in [0.3, 0.4) is 0 Å². The molecule has 0 unspecified atom stereocenters. The Morgan fingerprint density at radius 2 is 0.889 bits per heavy atom. The van der Waals surface area contributed by atoms with Gasteiger partial charge in [0.25, 0.3) is 11.8 Å². The highest BCUT2D eigenvalue weighted by Crippen LogP contribution is 2.38. The normalized spacial score (nSPS) is 13.3. The Bertz CT molecular complexity index is 1980. The van der Waals surface area contributed by atoms with Gasteiger partial charge in [-0.15, -0.1) is 0 Å². The first-order valence-corrected chi connectivity index (χ1v) is 15.0. The molecule has 7 rings (SSSR count). The van der Waals surface area contributed by atoms with E-state index in [-0.39, 0.29) is 10.7 Å². The maximum Gasteiger partial charge on any atom is 0.270 e. The van der Waals surface area contributed by atoms with Gasteiger partial charge in [-0.05, 0) is 71.9 Å². The number of hydrogen-bond acceptors (Lipinski definition) is 3. The number of anilines is 2. The molecular weight excluding hydrogens is 575 g/mol. The summed E-state index contributed by atoms with van der Waals surface area (Å²) in [5.41, 5.74) is 6.61. The van der Waals surface area contributed by atoms with E-state index in [1.807, 2.05) is 133 Å². The van der Waals surface area contributed by atoms with E-state index in [1.54, 1.807) is 6.08 Å². The van der Waals surface area contributed by atoms with Crippen LogP contribution in [0, 0.1) is 0 Å². The molecule has 6 heteroatoms. The topological polar surface area (TPSA) is 45.6 Å². The number of carbonyl (C=O) groups is 2. The third-order valence-electron chi connectivity index (χ3n) is 7.74. The van der Waals surface area contributed by atoms with Crippen LogP contribution in [-0.4, -0.2) is 21.5 Å². The minimum Gasteiger partial charge on any atom is -0.309 e. The van der Waals surface area contributed by atoms with Crippen molar-refractivity contribution < 1.29 is 9.59 Å². The van der Waals surface area contributed by atoms with Gasteiger partial charge >= 0.3 is 0 Å². The van der Waals surface area contributed by atoms with Gasteiger partial charge in [0, 0.05) is 11.3 Å². The number of hydrogen-bond donors (Lipinski definition) is 0. The average molecular weight is 602 g/mol. The number of amides is 2. The first-order chi connectivity index (χ1) is 22.1. The lowest BCUT2D eigenvalue weighted by Gasteiger charge is -2.36. The fraction of sp³-hybridized carbons (Fsp3) is 0. The highest BCUT2D eigenvalue weighted by atomic mass is 32.1. The van der Waals surface area contributed by atoms with Crippen molar-refractivity contribution in [3.8, 4) is 28.2 Å². The van der Waals surface area contributed by atoms with Gasteiger partial charge in [-0.25, -0.2) is 0 Å². The molecule has 0 N–H and O–H groups in total. The molecule has 0 spiro atoms. The number of aromatic nitrogens is 1. The second-order valence-electron chi connectivity index (χ2n) is 10.5. The third kappa shape index (κ3) is 5.18. The van der Waals surface area contributed by atoms with Crippen LogP contribution in [0.5, 0.6) is 0 Å². The standard InChI is InChI=1S/C39H27N3O2S/c43-37-34(38(44)42(33-24-14-5-15-25-33)39(45)41(37)32-22-12-4-13-23-32)26-30-27-35(28-16-6-1-7-17-28)40(31-20-10-3-11-21-31)36(30)29-18-8-2-9-19-29/h1-27H. The number of rotatable bonds is 6. The lowest BCUT2D eigenvalue weighted by molar-refractivity contribution is -0.120. The van der Waals surface area contributed by atoms with Crippen molar-refractivity contribution in [3.05, 3.63) is 169 Å². The summed E-state index contributed by atoms with van der Waals surface area (Å²) in [5, 5.41) is 0.106. The minimum absolute atomic E-state index is 0.0123. The van der Waals surface area contributed by atoms with Gasteiger partial charge in [0.15, 0.2) is 5.11 Å². The first kappa shape index (κ1) is 28.0. The number of para-hydroxylation sites is 3.